The number of anilines is 2. The molecule has 0 aliphatic carbocycles. The Bertz CT molecular complexity index is 1340. The second-order valence-electron chi connectivity index (χ2n) is 9.48. The molecule has 6 N–H and O–H groups in total. The van der Waals surface area contributed by atoms with Crippen LogP contribution in [0.3, 0.4) is 0 Å². The number of hydrogen-bond acceptors (Lipinski definition) is 5. The van der Waals surface area contributed by atoms with Crippen LogP contribution in [0.2, 0.25) is 0 Å². The van der Waals surface area contributed by atoms with Crippen LogP contribution < -0.4 is 16.4 Å². The highest BCUT2D eigenvalue weighted by Gasteiger charge is 2.30. The smallest absolute Gasteiger partial charge is 0.255 e. The van der Waals surface area contributed by atoms with Gasteiger partial charge in [-0.05, 0) is 46.9 Å². The number of nitrogens with zero attached hydrogens (tertiary/aromatic N) is 1. The Balaban J connectivity index is 1.54. The number of imidazole rings is 1. The lowest BCUT2D eigenvalue weighted by atomic mass is 9.86. The maximum atomic E-state index is 13.0. The van der Waals surface area contributed by atoms with E-state index >= 15 is 0 Å². The first kappa shape index (κ1) is 24.0. The minimum absolute atomic E-state index is 0.0409. The topological polar surface area (TPSA) is 133 Å². The number of aliphatic hydroxyl groups is 1. The van der Waals surface area contributed by atoms with Gasteiger partial charge in [0, 0.05) is 11.3 Å². The summed E-state index contributed by atoms with van der Waals surface area (Å²) in [5, 5.41) is 16.5. The molecular weight excluding hydrogens is 442 g/mol. The van der Waals surface area contributed by atoms with E-state index in [1.165, 1.54) is 0 Å². The standard InChI is InChI=1S/C27H29N5O3/c1-27(2,3)18-11-9-17(10-12-18)24(34)32-22(16-7-5-4-6-8-16)23(33)25(35)29-19-13-14-20-21(15-19)31-26(28)30-20/h4-15,22-23,33H,1-3H3,(H,29,35)(H,32,34)(H3,28,30,31)/t22-,23+/m0/s1. The van der Waals surface area contributed by atoms with Crippen molar-refractivity contribution in [2.24, 2.45) is 0 Å². The molecule has 1 heterocycles. The van der Waals surface area contributed by atoms with Gasteiger partial charge in [0.2, 0.25) is 0 Å². The van der Waals surface area contributed by atoms with Crippen molar-refractivity contribution in [3.05, 3.63) is 89.5 Å². The molecule has 4 aromatic rings. The molecular formula is C27H29N5O3. The SMILES string of the molecule is CC(C)(C)c1ccc(C(=O)N[C@@H](c2ccccc2)[C@@H](O)C(=O)Nc2ccc3nc(N)[nH]c3c2)cc1. The Kier molecular flexibility index (Phi) is 6.57. The number of aliphatic hydroxyl groups excluding tert-OH is 1. The van der Waals surface area contributed by atoms with Crippen molar-refractivity contribution in [3.8, 4) is 0 Å². The van der Waals surface area contributed by atoms with Gasteiger partial charge in [-0.3, -0.25) is 9.59 Å². The van der Waals surface area contributed by atoms with E-state index in [-0.39, 0.29) is 17.3 Å². The largest absolute Gasteiger partial charge is 0.381 e. The second-order valence-corrected chi connectivity index (χ2v) is 9.48. The summed E-state index contributed by atoms with van der Waals surface area (Å²) < 4.78 is 0. The minimum atomic E-state index is -1.54. The van der Waals surface area contributed by atoms with Crippen molar-refractivity contribution in [3.63, 3.8) is 0 Å². The molecule has 180 valence electrons. The minimum Gasteiger partial charge on any atom is -0.381 e. The number of nitrogen functional groups attached to an aromatic ring is 1. The first-order valence-corrected chi connectivity index (χ1v) is 11.3. The highest BCUT2D eigenvalue weighted by molar-refractivity contribution is 5.98. The van der Waals surface area contributed by atoms with E-state index in [4.69, 9.17) is 5.73 Å². The van der Waals surface area contributed by atoms with E-state index in [1.54, 1.807) is 54.6 Å². The van der Waals surface area contributed by atoms with Crippen LogP contribution in [0.1, 0.15) is 48.3 Å². The summed E-state index contributed by atoms with van der Waals surface area (Å²) in [6, 6.07) is 20.3. The van der Waals surface area contributed by atoms with Gasteiger partial charge in [-0.2, -0.15) is 0 Å². The van der Waals surface area contributed by atoms with Crippen molar-refractivity contribution in [2.75, 3.05) is 11.1 Å². The quantitative estimate of drug-likeness (QED) is 0.291. The predicted molar refractivity (Wildman–Crippen MR) is 137 cm³/mol. The van der Waals surface area contributed by atoms with Crippen LogP contribution in [0, 0.1) is 0 Å². The van der Waals surface area contributed by atoms with Crippen LogP contribution in [0.25, 0.3) is 11.0 Å². The number of carbonyl (C=O) groups excluding carboxylic acids is 2. The number of aromatic amines is 1. The number of rotatable bonds is 6. The van der Waals surface area contributed by atoms with E-state index in [0.717, 1.165) is 5.56 Å². The van der Waals surface area contributed by atoms with Gasteiger partial charge in [-0.25, -0.2) is 4.98 Å². The monoisotopic (exact) mass is 471 g/mol. The third kappa shape index (κ3) is 5.50. The van der Waals surface area contributed by atoms with Gasteiger partial charge in [0.1, 0.15) is 0 Å². The van der Waals surface area contributed by atoms with Gasteiger partial charge in [-0.1, -0.05) is 63.2 Å². The zero-order valence-electron chi connectivity index (χ0n) is 19.9. The fourth-order valence-corrected chi connectivity index (χ4v) is 3.83. The number of carbonyl (C=O) groups is 2. The van der Waals surface area contributed by atoms with E-state index in [1.807, 2.05) is 18.2 Å². The summed E-state index contributed by atoms with van der Waals surface area (Å²) >= 11 is 0. The molecule has 0 unspecified atom stereocenters. The van der Waals surface area contributed by atoms with E-state index < -0.39 is 18.1 Å². The number of aromatic nitrogens is 2. The van der Waals surface area contributed by atoms with E-state index in [9.17, 15) is 14.7 Å². The summed E-state index contributed by atoms with van der Waals surface area (Å²) in [5.74, 6) is -0.777. The Morgan fingerprint density at radius 3 is 2.34 bits per heavy atom. The van der Waals surface area contributed by atoms with Crippen molar-refractivity contribution in [1.29, 1.82) is 0 Å². The maximum absolute atomic E-state index is 13.0. The summed E-state index contributed by atoms with van der Waals surface area (Å²) in [5.41, 5.74) is 9.56. The molecule has 0 aliphatic heterocycles. The Morgan fingerprint density at radius 1 is 1.00 bits per heavy atom. The average Bonchev–Trinajstić information content (AvgIpc) is 3.21. The molecule has 1 aromatic heterocycles. The number of amides is 2. The molecule has 4 rings (SSSR count). The summed E-state index contributed by atoms with van der Waals surface area (Å²) in [6.45, 7) is 6.30. The highest BCUT2D eigenvalue weighted by atomic mass is 16.3. The summed E-state index contributed by atoms with van der Waals surface area (Å²) in [4.78, 5) is 33.1. The first-order chi connectivity index (χ1) is 16.6. The lowest BCUT2D eigenvalue weighted by Gasteiger charge is -2.24. The van der Waals surface area contributed by atoms with Crippen LogP contribution in [0.4, 0.5) is 11.6 Å². The molecule has 0 spiro atoms. The van der Waals surface area contributed by atoms with Crippen LogP contribution >= 0.6 is 0 Å². The van der Waals surface area contributed by atoms with Crippen molar-refractivity contribution >= 4 is 34.5 Å². The lowest BCUT2D eigenvalue weighted by Crippen LogP contribution is -2.42. The Labute approximate surface area is 203 Å². The molecule has 8 heteroatoms. The normalized spacial score (nSPS) is 13.3. The van der Waals surface area contributed by atoms with Crippen molar-refractivity contribution in [2.45, 2.75) is 38.3 Å². The summed E-state index contributed by atoms with van der Waals surface area (Å²) in [6.07, 6.45) is -1.54. The van der Waals surface area contributed by atoms with Crippen molar-refractivity contribution in [1.82, 2.24) is 15.3 Å². The molecule has 0 radical (unpaired) electrons. The molecule has 35 heavy (non-hydrogen) atoms. The van der Waals surface area contributed by atoms with Crippen molar-refractivity contribution < 1.29 is 14.7 Å². The Hall–Kier alpha value is -4.17. The third-order valence-electron chi connectivity index (χ3n) is 5.81. The van der Waals surface area contributed by atoms with Gasteiger partial charge >= 0.3 is 0 Å². The number of nitrogens with two attached hydrogens (primary N) is 1. The number of hydrogen-bond donors (Lipinski definition) is 5. The molecule has 0 fully saturated rings. The van der Waals surface area contributed by atoms with E-state index in [0.29, 0.717) is 27.8 Å². The molecule has 8 nitrogen and oxygen atoms in total. The average molecular weight is 472 g/mol. The maximum Gasteiger partial charge on any atom is 0.255 e. The van der Waals surface area contributed by atoms with Gasteiger partial charge < -0.3 is 26.5 Å². The fourth-order valence-electron chi connectivity index (χ4n) is 3.83. The van der Waals surface area contributed by atoms with Crippen LogP contribution in [-0.4, -0.2) is 33.0 Å². The number of H-pyrrole nitrogens is 1. The van der Waals surface area contributed by atoms with Gasteiger partial charge in [0.05, 0.1) is 17.1 Å². The van der Waals surface area contributed by atoms with Gasteiger partial charge in [-0.15, -0.1) is 0 Å². The number of benzene rings is 3. The molecule has 0 aliphatic rings. The van der Waals surface area contributed by atoms with E-state index in [2.05, 4.69) is 41.4 Å². The van der Waals surface area contributed by atoms with Crippen LogP contribution in [0.5, 0.6) is 0 Å². The molecule has 2 amide bonds. The highest BCUT2D eigenvalue weighted by Crippen LogP contribution is 2.24. The van der Waals surface area contributed by atoms with Crippen LogP contribution in [-0.2, 0) is 10.2 Å². The molecule has 0 bridgehead atoms. The number of nitrogens with one attached hydrogen (secondary N) is 3. The fraction of sp³-hybridized carbons (Fsp3) is 0.222. The van der Waals surface area contributed by atoms with Gasteiger partial charge in [0.25, 0.3) is 11.8 Å². The molecule has 0 saturated carbocycles. The lowest BCUT2D eigenvalue weighted by molar-refractivity contribution is -0.125. The molecule has 2 atom stereocenters. The summed E-state index contributed by atoms with van der Waals surface area (Å²) in [7, 11) is 0. The predicted octanol–water partition coefficient (Wildman–Crippen LogP) is 3.91. The second kappa shape index (κ2) is 9.60. The van der Waals surface area contributed by atoms with Gasteiger partial charge in [0.15, 0.2) is 12.1 Å². The van der Waals surface area contributed by atoms with Crippen LogP contribution in [0.15, 0.2) is 72.8 Å². The first-order valence-electron chi connectivity index (χ1n) is 11.3. The zero-order valence-corrected chi connectivity index (χ0v) is 19.9. The Morgan fingerprint density at radius 2 is 1.69 bits per heavy atom. The third-order valence-corrected chi connectivity index (χ3v) is 5.81. The molecule has 3 aromatic carbocycles. The number of fused-ring (bicyclic) bond motifs is 1. The molecule has 0 saturated heterocycles. The zero-order chi connectivity index (χ0) is 25.2.